The van der Waals surface area contributed by atoms with E-state index in [0.717, 1.165) is 26.6 Å². The molecule has 6 nitrogen and oxygen atoms in total. The maximum atomic E-state index is 12.7. The molecule has 4 rings (SSSR count). The second-order valence-electron chi connectivity index (χ2n) is 7.26. The van der Waals surface area contributed by atoms with Crippen molar-refractivity contribution in [3.63, 3.8) is 0 Å². The van der Waals surface area contributed by atoms with Crippen molar-refractivity contribution in [1.29, 1.82) is 0 Å². The summed E-state index contributed by atoms with van der Waals surface area (Å²) in [5.74, 6) is -0.0354. The average Bonchev–Trinajstić information content (AvgIpc) is 3.01. The van der Waals surface area contributed by atoms with Crippen molar-refractivity contribution < 1.29 is 13.9 Å². The molecule has 2 aromatic carbocycles. The number of aromatic amines is 1. The van der Waals surface area contributed by atoms with Crippen molar-refractivity contribution in [2.45, 2.75) is 20.3 Å². The molecule has 2 N–H and O–H groups in total. The fourth-order valence-corrected chi connectivity index (χ4v) is 4.15. The van der Waals surface area contributed by atoms with Gasteiger partial charge in [0.1, 0.15) is 5.56 Å². The molecule has 1 amide bonds. The minimum absolute atomic E-state index is 0.0332. The summed E-state index contributed by atoms with van der Waals surface area (Å²) in [6.07, 6.45) is 0.652. The zero-order valence-corrected chi connectivity index (χ0v) is 18.5. The van der Waals surface area contributed by atoms with E-state index in [1.165, 1.54) is 18.7 Å². The molecule has 0 spiro atoms. The first kappa shape index (κ1) is 20.2. The predicted octanol–water partition coefficient (Wildman–Crippen LogP) is 4.63. The van der Waals surface area contributed by atoms with Gasteiger partial charge in [-0.3, -0.25) is 4.79 Å². The largest absolute Gasteiger partial charge is 0.493 e. The molecule has 0 fully saturated rings. The van der Waals surface area contributed by atoms with Crippen LogP contribution in [0, 0.1) is 13.8 Å². The third-order valence-electron chi connectivity index (χ3n) is 5.16. The van der Waals surface area contributed by atoms with Crippen molar-refractivity contribution in [1.82, 2.24) is 10.3 Å². The molecule has 0 bridgehead atoms. The van der Waals surface area contributed by atoms with Gasteiger partial charge < -0.3 is 19.5 Å². The molecular weight excluding hydrogens is 448 g/mol. The van der Waals surface area contributed by atoms with Gasteiger partial charge in [-0.25, -0.2) is 4.79 Å². The Hall–Kier alpha value is -3.06. The molecule has 0 aliphatic rings. The molecule has 0 unspecified atom stereocenters. The lowest BCUT2D eigenvalue weighted by Crippen LogP contribution is -2.30. The molecule has 0 atom stereocenters. The Morgan fingerprint density at radius 2 is 2.00 bits per heavy atom. The SMILES string of the molecule is COc1cc(Br)cc2cc(C(=O)NCCc3c(C)[nH]c4ccc(C)cc34)c(=O)oc12. The number of fused-ring (bicyclic) bond motifs is 2. The van der Waals surface area contributed by atoms with Gasteiger partial charge in [0.15, 0.2) is 11.3 Å². The van der Waals surface area contributed by atoms with Gasteiger partial charge >= 0.3 is 5.63 Å². The zero-order chi connectivity index (χ0) is 21.4. The topological polar surface area (TPSA) is 84.3 Å². The number of aromatic nitrogens is 1. The van der Waals surface area contributed by atoms with Gasteiger partial charge in [-0.1, -0.05) is 27.6 Å². The Bertz CT molecular complexity index is 1340. The van der Waals surface area contributed by atoms with Crippen molar-refractivity contribution in [2.24, 2.45) is 0 Å². The third kappa shape index (κ3) is 3.73. The van der Waals surface area contributed by atoms with Gasteiger partial charge in [-0.2, -0.15) is 0 Å². The summed E-state index contributed by atoms with van der Waals surface area (Å²) >= 11 is 3.40. The minimum atomic E-state index is -0.695. The summed E-state index contributed by atoms with van der Waals surface area (Å²) < 4.78 is 11.4. The molecule has 2 heterocycles. The molecule has 0 aliphatic heterocycles. The summed E-state index contributed by atoms with van der Waals surface area (Å²) in [6.45, 7) is 4.48. The number of halogens is 1. The van der Waals surface area contributed by atoms with E-state index in [1.54, 1.807) is 12.1 Å². The summed E-state index contributed by atoms with van der Waals surface area (Å²) in [5, 5.41) is 4.60. The van der Waals surface area contributed by atoms with Crippen molar-refractivity contribution >= 4 is 43.7 Å². The molecule has 2 aromatic heterocycles. The number of H-pyrrole nitrogens is 1. The maximum Gasteiger partial charge on any atom is 0.349 e. The first-order valence-corrected chi connectivity index (χ1v) is 10.3. The van der Waals surface area contributed by atoms with Gasteiger partial charge in [0.25, 0.3) is 5.91 Å². The highest BCUT2D eigenvalue weighted by Crippen LogP contribution is 2.29. The number of benzene rings is 2. The number of hydrogen-bond acceptors (Lipinski definition) is 4. The van der Waals surface area contributed by atoms with Crippen LogP contribution >= 0.6 is 15.9 Å². The van der Waals surface area contributed by atoms with Crippen LogP contribution in [0.3, 0.4) is 0 Å². The second kappa shape index (κ2) is 7.99. The Morgan fingerprint density at radius 1 is 1.20 bits per heavy atom. The number of carbonyl (C=O) groups excluding carboxylic acids is 1. The van der Waals surface area contributed by atoms with Gasteiger partial charge in [0, 0.05) is 33.0 Å². The number of ether oxygens (including phenoxy) is 1. The molecule has 0 radical (unpaired) electrons. The van der Waals surface area contributed by atoms with Crippen LogP contribution in [-0.4, -0.2) is 24.5 Å². The van der Waals surface area contributed by atoms with Crippen LogP contribution in [0.5, 0.6) is 5.75 Å². The van der Waals surface area contributed by atoms with Crippen LogP contribution in [0.4, 0.5) is 0 Å². The second-order valence-corrected chi connectivity index (χ2v) is 8.17. The van der Waals surface area contributed by atoms with E-state index < -0.39 is 11.5 Å². The van der Waals surface area contributed by atoms with Crippen molar-refractivity contribution in [3.05, 3.63) is 73.7 Å². The summed E-state index contributed by atoms with van der Waals surface area (Å²) in [6, 6.07) is 11.3. The highest BCUT2D eigenvalue weighted by atomic mass is 79.9. The lowest BCUT2D eigenvalue weighted by molar-refractivity contribution is 0.0950. The van der Waals surface area contributed by atoms with Gasteiger partial charge in [-0.05, 0) is 56.2 Å². The molecule has 0 aliphatic carbocycles. The lowest BCUT2D eigenvalue weighted by Gasteiger charge is -2.08. The molecule has 4 aromatic rings. The first-order valence-electron chi connectivity index (χ1n) is 9.55. The Morgan fingerprint density at radius 3 is 2.77 bits per heavy atom. The van der Waals surface area contributed by atoms with Crippen molar-refractivity contribution in [3.8, 4) is 5.75 Å². The lowest BCUT2D eigenvalue weighted by atomic mass is 10.1. The predicted molar refractivity (Wildman–Crippen MR) is 121 cm³/mol. The van der Waals surface area contributed by atoms with Gasteiger partial charge in [0.05, 0.1) is 7.11 Å². The fourth-order valence-electron chi connectivity index (χ4n) is 3.69. The zero-order valence-electron chi connectivity index (χ0n) is 16.9. The number of amides is 1. The molecule has 154 valence electrons. The maximum absolute atomic E-state index is 12.7. The molecule has 7 heteroatoms. The third-order valence-corrected chi connectivity index (χ3v) is 5.62. The quantitative estimate of drug-likeness (QED) is 0.418. The van der Waals surface area contributed by atoms with Crippen molar-refractivity contribution in [2.75, 3.05) is 13.7 Å². The average molecular weight is 469 g/mol. The molecule has 0 saturated carbocycles. The molecule has 30 heavy (non-hydrogen) atoms. The number of nitrogens with one attached hydrogen (secondary N) is 2. The molecule has 0 saturated heterocycles. The number of carbonyl (C=O) groups is 1. The Balaban J connectivity index is 1.56. The highest BCUT2D eigenvalue weighted by Gasteiger charge is 2.17. The Labute approximate surface area is 181 Å². The number of rotatable bonds is 5. The normalized spacial score (nSPS) is 11.2. The van der Waals surface area contributed by atoms with Crippen LogP contribution in [0.15, 0.2) is 50.1 Å². The summed E-state index contributed by atoms with van der Waals surface area (Å²) in [7, 11) is 1.50. The fraction of sp³-hybridized carbons (Fsp3) is 0.217. The summed E-state index contributed by atoms with van der Waals surface area (Å²) in [4.78, 5) is 28.4. The van der Waals surface area contributed by atoms with E-state index in [1.807, 2.05) is 6.92 Å². The van der Waals surface area contributed by atoms with E-state index >= 15 is 0 Å². The van der Waals surface area contributed by atoms with E-state index in [2.05, 4.69) is 51.4 Å². The minimum Gasteiger partial charge on any atom is -0.493 e. The van der Waals surface area contributed by atoms with E-state index in [9.17, 15) is 9.59 Å². The highest BCUT2D eigenvalue weighted by molar-refractivity contribution is 9.10. The number of aryl methyl sites for hydroxylation is 2. The monoisotopic (exact) mass is 468 g/mol. The Kier molecular flexibility index (Phi) is 5.39. The number of methoxy groups -OCH3 is 1. The molecular formula is C23H21BrN2O4. The smallest absolute Gasteiger partial charge is 0.349 e. The van der Waals surface area contributed by atoms with E-state index in [0.29, 0.717) is 29.7 Å². The van der Waals surface area contributed by atoms with E-state index in [-0.39, 0.29) is 5.56 Å². The van der Waals surface area contributed by atoms with Gasteiger partial charge in [-0.15, -0.1) is 0 Å². The van der Waals surface area contributed by atoms with Crippen LogP contribution in [0.1, 0.15) is 27.2 Å². The van der Waals surface area contributed by atoms with Crippen LogP contribution in [-0.2, 0) is 6.42 Å². The first-order chi connectivity index (χ1) is 14.4. The summed E-state index contributed by atoms with van der Waals surface area (Å²) in [5.41, 5.74) is 4.08. The van der Waals surface area contributed by atoms with Gasteiger partial charge in [0.2, 0.25) is 0 Å². The number of hydrogen-bond donors (Lipinski definition) is 2. The van der Waals surface area contributed by atoms with Crippen LogP contribution in [0.2, 0.25) is 0 Å². The van der Waals surface area contributed by atoms with Crippen LogP contribution < -0.4 is 15.7 Å². The standard InChI is InChI=1S/C23H21BrN2O4/c1-12-4-5-19-17(8-12)16(13(2)26-19)6-7-25-22(27)18-10-14-9-15(24)11-20(29-3)21(14)30-23(18)28/h4-5,8-11,26H,6-7H2,1-3H3,(H,25,27). The van der Waals surface area contributed by atoms with Crippen LogP contribution in [0.25, 0.3) is 21.9 Å². The van der Waals surface area contributed by atoms with E-state index in [4.69, 9.17) is 9.15 Å².